The second-order valence-electron chi connectivity index (χ2n) is 4.95. The fourth-order valence-electron chi connectivity index (χ4n) is 3.41. The van der Waals surface area contributed by atoms with E-state index >= 15 is 0 Å². The van der Waals surface area contributed by atoms with Crippen LogP contribution in [0.25, 0.3) is 0 Å². The number of carboxylic acids is 1. The maximum atomic E-state index is 11.2. The van der Waals surface area contributed by atoms with Crippen LogP contribution in [0.1, 0.15) is 58.6 Å². The lowest BCUT2D eigenvalue weighted by atomic mass is 9.72. The van der Waals surface area contributed by atoms with Crippen LogP contribution in [0.2, 0.25) is 0 Å². The standard InChI is InChI=1S/C14H16O2/c15-14(16)12-8-7-10-4-1-3-9-5-2-6-11(12)13(9)10/h7-9H,1-6H2,(H,15,16). The first-order valence-corrected chi connectivity index (χ1v) is 6.15. The van der Waals surface area contributed by atoms with Crippen molar-refractivity contribution in [2.24, 2.45) is 0 Å². The van der Waals surface area contributed by atoms with E-state index in [1.807, 2.05) is 12.1 Å². The average molecular weight is 216 g/mol. The molecule has 0 bridgehead atoms. The second-order valence-corrected chi connectivity index (χ2v) is 4.95. The van der Waals surface area contributed by atoms with Crippen molar-refractivity contribution in [1.29, 1.82) is 0 Å². The summed E-state index contributed by atoms with van der Waals surface area (Å²) in [5.41, 5.74) is 4.50. The summed E-state index contributed by atoms with van der Waals surface area (Å²) < 4.78 is 0. The molecule has 16 heavy (non-hydrogen) atoms. The molecule has 1 aromatic rings. The van der Waals surface area contributed by atoms with E-state index < -0.39 is 5.97 Å². The molecular weight excluding hydrogens is 200 g/mol. The highest BCUT2D eigenvalue weighted by Gasteiger charge is 2.29. The van der Waals surface area contributed by atoms with Gasteiger partial charge in [0.1, 0.15) is 0 Å². The van der Waals surface area contributed by atoms with Crippen LogP contribution in [-0.4, -0.2) is 11.1 Å². The Morgan fingerprint density at radius 3 is 2.69 bits per heavy atom. The highest BCUT2D eigenvalue weighted by molar-refractivity contribution is 5.90. The summed E-state index contributed by atoms with van der Waals surface area (Å²) in [6.07, 6.45) is 7.02. The number of hydrogen-bond acceptors (Lipinski definition) is 1. The molecule has 1 N–H and O–H groups in total. The lowest BCUT2D eigenvalue weighted by molar-refractivity contribution is 0.0695. The Hall–Kier alpha value is -1.31. The minimum Gasteiger partial charge on any atom is -0.478 e. The molecule has 0 saturated carbocycles. The number of carbonyl (C=O) groups is 1. The van der Waals surface area contributed by atoms with Crippen LogP contribution < -0.4 is 0 Å². The number of hydrogen-bond donors (Lipinski definition) is 1. The minimum atomic E-state index is -0.760. The Kier molecular flexibility index (Phi) is 2.23. The molecule has 0 saturated heterocycles. The van der Waals surface area contributed by atoms with Crippen molar-refractivity contribution in [3.63, 3.8) is 0 Å². The largest absolute Gasteiger partial charge is 0.478 e. The summed E-state index contributed by atoms with van der Waals surface area (Å²) >= 11 is 0. The van der Waals surface area contributed by atoms with Crippen LogP contribution in [0.4, 0.5) is 0 Å². The summed E-state index contributed by atoms with van der Waals surface area (Å²) in [4.78, 5) is 11.2. The molecule has 84 valence electrons. The highest BCUT2D eigenvalue weighted by Crippen LogP contribution is 2.42. The molecule has 0 aromatic heterocycles. The van der Waals surface area contributed by atoms with E-state index in [1.165, 1.54) is 30.4 Å². The molecule has 0 radical (unpaired) electrons. The van der Waals surface area contributed by atoms with Crippen molar-refractivity contribution in [3.05, 3.63) is 34.4 Å². The van der Waals surface area contributed by atoms with Crippen molar-refractivity contribution in [1.82, 2.24) is 0 Å². The topological polar surface area (TPSA) is 37.3 Å². The number of rotatable bonds is 1. The van der Waals surface area contributed by atoms with Crippen molar-refractivity contribution in [3.8, 4) is 0 Å². The Balaban J connectivity index is 2.21. The Morgan fingerprint density at radius 2 is 1.94 bits per heavy atom. The zero-order valence-corrected chi connectivity index (χ0v) is 9.33. The Bertz CT molecular complexity index is 446. The first-order valence-electron chi connectivity index (χ1n) is 6.15. The van der Waals surface area contributed by atoms with Crippen molar-refractivity contribution < 1.29 is 9.90 Å². The molecule has 0 amide bonds. The third-order valence-electron chi connectivity index (χ3n) is 4.06. The van der Waals surface area contributed by atoms with Crippen molar-refractivity contribution >= 4 is 5.97 Å². The third kappa shape index (κ3) is 1.36. The molecule has 2 aliphatic carbocycles. The van der Waals surface area contributed by atoms with Gasteiger partial charge in [0.25, 0.3) is 0 Å². The predicted molar refractivity (Wildman–Crippen MR) is 62.0 cm³/mol. The van der Waals surface area contributed by atoms with Crippen LogP contribution in [-0.2, 0) is 12.8 Å². The first-order chi connectivity index (χ1) is 7.77. The van der Waals surface area contributed by atoms with E-state index in [4.69, 9.17) is 0 Å². The van der Waals surface area contributed by atoms with Gasteiger partial charge in [0.2, 0.25) is 0 Å². The summed E-state index contributed by atoms with van der Waals surface area (Å²) in [5, 5.41) is 9.21. The van der Waals surface area contributed by atoms with Gasteiger partial charge in [-0.05, 0) is 67.2 Å². The molecule has 2 heteroatoms. The molecule has 3 rings (SSSR count). The van der Waals surface area contributed by atoms with E-state index in [9.17, 15) is 9.90 Å². The molecular formula is C14H16O2. The van der Waals surface area contributed by atoms with Crippen molar-refractivity contribution in [2.75, 3.05) is 0 Å². The van der Waals surface area contributed by atoms with Gasteiger partial charge in [0, 0.05) is 0 Å². The van der Waals surface area contributed by atoms with E-state index in [0.717, 1.165) is 24.8 Å². The number of carboxylic acid groups (broad SMARTS) is 1. The minimum absolute atomic E-state index is 0.547. The zero-order chi connectivity index (χ0) is 11.1. The molecule has 0 heterocycles. The van der Waals surface area contributed by atoms with Gasteiger partial charge in [0.15, 0.2) is 0 Å². The predicted octanol–water partition coefficient (Wildman–Crippen LogP) is 3.14. The fourth-order valence-corrected chi connectivity index (χ4v) is 3.41. The lowest BCUT2D eigenvalue weighted by Crippen LogP contribution is -2.20. The van der Waals surface area contributed by atoms with Gasteiger partial charge in [-0.1, -0.05) is 6.07 Å². The van der Waals surface area contributed by atoms with Crippen LogP contribution in [0, 0.1) is 0 Å². The SMILES string of the molecule is O=C(O)c1ccc2c3c1CCCC3CCC2. The van der Waals surface area contributed by atoms with Gasteiger partial charge >= 0.3 is 5.97 Å². The summed E-state index contributed by atoms with van der Waals surface area (Å²) in [6, 6.07) is 3.85. The van der Waals surface area contributed by atoms with E-state index in [-0.39, 0.29) is 0 Å². The van der Waals surface area contributed by atoms with Gasteiger partial charge in [-0.25, -0.2) is 4.79 Å². The van der Waals surface area contributed by atoms with Gasteiger partial charge in [-0.2, -0.15) is 0 Å². The third-order valence-corrected chi connectivity index (χ3v) is 4.06. The lowest BCUT2D eigenvalue weighted by Gasteiger charge is -2.32. The fraction of sp³-hybridized carbons (Fsp3) is 0.500. The Morgan fingerprint density at radius 1 is 1.19 bits per heavy atom. The molecule has 1 atom stereocenters. The second kappa shape index (κ2) is 3.62. The van der Waals surface area contributed by atoms with Gasteiger partial charge in [-0.3, -0.25) is 0 Å². The summed E-state index contributed by atoms with van der Waals surface area (Å²) in [6.45, 7) is 0. The summed E-state index contributed by atoms with van der Waals surface area (Å²) in [5.74, 6) is -0.115. The first kappa shape index (κ1) is 9.88. The van der Waals surface area contributed by atoms with Crippen LogP contribution in [0.15, 0.2) is 12.1 Å². The number of aromatic carboxylic acids is 1. The maximum absolute atomic E-state index is 11.2. The molecule has 0 spiro atoms. The quantitative estimate of drug-likeness (QED) is 0.783. The normalized spacial score (nSPS) is 22.6. The molecule has 2 nitrogen and oxygen atoms in total. The van der Waals surface area contributed by atoms with Crippen LogP contribution in [0.3, 0.4) is 0 Å². The summed E-state index contributed by atoms with van der Waals surface area (Å²) in [7, 11) is 0. The smallest absolute Gasteiger partial charge is 0.335 e. The van der Waals surface area contributed by atoms with Crippen molar-refractivity contribution in [2.45, 2.75) is 44.4 Å². The molecule has 0 fully saturated rings. The van der Waals surface area contributed by atoms with Crippen LogP contribution in [0.5, 0.6) is 0 Å². The number of benzene rings is 1. The van der Waals surface area contributed by atoms with Crippen LogP contribution >= 0.6 is 0 Å². The van der Waals surface area contributed by atoms with E-state index in [0.29, 0.717) is 11.5 Å². The monoisotopic (exact) mass is 216 g/mol. The molecule has 1 aromatic carbocycles. The molecule has 1 unspecified atom stereocenters. The van der Waals surface area contributed by atoms with Gasteiger partial charge < -0.3 is 5.11 Å². The maximum Gasteiger partial charge on any atom is 0.335 e. The molecule has 0 aliphatic heterocycles. The number of aryl methyl sites for hydroxylation is 1. The zero-order valence-electron chi connectivity index (χ0n) is 9.33. The van der Waals surface area contributed by atoms with E-state index in [2.05, 4.69) is 0 Å². The highest BCUT2D eigenvalue weighted by atomic mass is 16.4. The molecule has 2 aliphatic rings. The van der Waals surface area contributed by atoms with Gasteiger partial charge in [0.05, 0.1) is 5.56 Å². The average Bonchev–Trinajstić information content (AvgIpc) is 2.30. The van der Waals surface area contributed by atoms with E-state index in [1.54, 1.807) is 0 Å². The van der Waals surface area contributed by atoms with Gasteiger partial charge in [-0.15, -0.1) is 0 Å². The Labute approximate surface area is 95.3 Å².